The number of benzene rings is 1. The number of methoxy groups -OCH3 is 1. The highest BCUT2D eigenvalue weighted by molar-refractivity contribution is 8.16. The van der Waals surface area contributed by atoms with Crippen LogP contribution in [-0.2, 0) is 20.9 Å². The van der Waals surface area contributed by atoms with E-state index < -0.39 is 17.8 Å². The van der Waals surface area contributed by atoms with Gasteiger partial charge in [0.05, 0.1) is 30.8 Å². The first-order chi connectivity index (χ1) is 16.0. The molecule has 1 N–H and O–H groups in total. The molecule has 1 unspecified atom stereocenters. The van der Waals surface area contributed by atoms with Crippen LogP contribution in [0.2, 0.25) is 0 Å². The molecule has 0 saturated carbocycles. The van der Waals surface area contributed by atoms with E-state index in [1.807, 2.05) is 24.5 Å². The van der Waals surface area contributed by atoms with Gasteiger partial charge in [0.25, 0.3) is 0 Å². The quantitative estimate of drug-likeness (QED) is 0.620. The topological polar surface area (TPSA) is 83.9 Å². The Morgan fingerprint density at radius 3 is 2.67 bits per heavy atom. The Kier molecular flexibility index (Phi) is 6.88. The summed E-state index contributed by atoms with van der Waals surface area (Å²) < 4.78 is 20.0. The molecule has 1 aromatic heterocycles. The summed E-state index contributed by atoms with van der Waals surface area (Å²) in [5.41, 5.74) is 2.71. The first-order valence-electron chi connectivity index (χ1n) is 10.5. The number of rotatable bonds is 7. The van der Waals surface area contributed by atoms with Crippen molar-refractivity contribution in [2.24, 2.45) is 4.99 Å². The normalized spacial score (nSPS) is 17.3. The van der Waals surface area contributed by atoms with Crippen LogP contribution < -0.4 is 5.32 Å². The van der Waals surface area contributed by atoms with E-state index in [1.54, 1.807) is 35.5 Å². The highest BCUT2D eigenvalue weighted by atomic mass is 32.2. The van der Waals surface area contributed by atoms with Crippen LogP contribution in [-0.4, -0.2) is 34.0 Å². The van der Waals surface area contributed by atoms with Crippen molar-refractivity contribution in [3.8, 4) is 0 Å². The molecule has 9 heteroatoms. The van der Waals surface area contributed by atoms with Gasteiger partial charge in [-0.15, -0.1) is 0 Å². The number of fused-ring (bicyclic) bond motifs is 1. The highest BCUT2D eigenvalue weighted by Crippen LogP contribution is 2.45. The summed E-state index contributed by atoms with van der Waals surface area (Å²) in [7, 11) is 1.29. The number of allylic oxidation sites excluding steroid dienone is 1. The van der Waals surface area contributed by atoms with Crippen LogP contribution in [0.3, 0.4) is 0 Å². The Hall–Kier alpha value is -3.46. The van der Waals surface area contributed by atoms with Gasteiger partial charge >= 0.3 is 5.97 Å². The number of aliphatic imine (C=N–C) groups is 1. The molecule has 1 amide bonds. The molecule has 2 aliphatic rings. The molecule has 3 heterocycles. The van der Waals surface area contributed by atoms with Crippen molar-refractivity contribution in [1.29, 1.82) is 0 Å². The monoisotopic (exact) mass is 466 g/mol. The lowest BCUT2D eigenvalue weighted by molar-refractivity contribution is -0.136. The number of esters is 1. The number of thioether (sulfide) groups is 1. The molecule has 2 aromatic rings. The summed E-state index contributed by atoms with van der Waals surface area (Å²) in [6.45, 7) is 2.25. The van der Waals surface area contributed by atoms with Crippen LogP contribution in [0, 0.1) is 5.82 Å². The van der Waals surface area contributed by atoms with Gasteiger partial charge in [-0.1, -0.05) is 36.9 Å². The molecule has 4 rings (SSSR count). The Morgan fingerprint density at radius 1 is 1.21 bits per heavy atom. The zero-order chi connectivity index (χ0) is 23.4. The third-order valence-corrected chi connectivity index (χ3v) is 6.30. The zero-order valence-corrected chi connectivity index (χ0v) is 19.1. The number of nitrogens with zero attached hydrogens (tertiary/aromatic N) is 3. The van der Waals surface area contributed by atoms with Crippen LogP contribution in [0.5, 0.6) is 0 Å². The number of amidine groups is 1. The molecule has 0 saturated heterocycles. The maximum atomic E-state index is 14.9. The maximum absolute atomic E-state index is 14.9. The number of pyridine rings is 1. The minimum Gasteiger partial charge on any atom is -0.466 e. The number of nitrogens with one attached hydrogen (secondary N) is 1. The second-order valence-electron chi connectivity index (χ2n) is 7.43. The second kappa shape index (κ2) is 9.99. The van der Waals surface area contributed by atoms with Crippen molar-refractivity contribution in [3.63, 3.8) is 0 Å². The van der Waals surface area contributed by atoms with Crippen molar-refractivity contribution in [2.75, 3.05) is 7.11 Å². The third kappa shape index (κ3) is 4.68. The molecule has 33 heavy (non-hydrogen) atoms. The SMILES string of the molecule is CCC1=C(C(=O)OC)C(c2ccccc2F)N2C(CC(=O)NCc3ccncc3)=CSC2=N1. The smallest absolute Gasteiger partial charge is 0.338 e. The number of ether oxygens (including phenoxy) is 1. The van der Waals surface area contributed by atoms with Gasteiger partial charge in [0.1, 0.15) is 5.82 Å². The molecule has 1 aromatic carbocycles. The molecule has 170 valence electrons. The molecular formula is C24H23FN4O3S. The average molecular weight is 467 g/mol. The molecule has 1 atom stereocenters. The zero-order valence-electron chi connectivity index (χ0n) is 18.2. The Bertz CT molecular complexity index is 1160. The van der Waals surface area contributed by atoms with Gasteiger partial charge in [0.2, 0.25) is 5.91 Å². The van der Waals surface area contributed by atoms with Gasteiger partial charge in [-0.2, -0.15) is 0 Å². The molecular weight excluding hydrogens is 443 g/mol. The molecule has 0 fully saturated rings. The van der Waals surface area contributed by atoms with E-state index in [0.717, 1.165) is 5.56 Å². The number of amides is 1. The van der Waals surface area contributed by atoms with E-state index in [1.165, 1.54) is 24.9 Å². The van der Waals surface area contributed by atoms with Gasteiger partial charge in [-0.25, -0.2) is 14.2 Å². The van der Waals surface area contributed by atoms with E-state index >= 15 is 0 Å². The standard InChI is InChI=1S/C24H23FN4O3S/c1-3-19-21(23(31)32-2)22(17-6-4-5-7-18(17)25)29-16(14-33-24(29)28-19)12-20(30)27-13-15-8-10-26-11-9-15/h4-11,14,22H,3,12-13H2,1-2H3,(H,27,30). The van der Waals surface area contributed by atoms with Crippen molar-refractivity contribution in [3.05, 3.63) is 88.1 Å². The first-order valence-corrected chi connectivity index (χ1v) is 11.4. The molecule has 0 aliphatic carbocycles. The fourth-order valence-electron chi connectivity index (χ4n) is 3.83. The first kappa shape index (κ1) is 22.7. The summed E-state index contributed by atoms with van der Waals surface area (Å²) in [6.07, 6.45) is 3.87. The summed E-state index contributed by atoms with van der Waals surface area (Å²) in [4.78, 5) is 35.9. The van der Waals surface area contributed by atoms with Gasteiger partial charge in [-0.3, -0.25) is 9.78 Å². The van der Waals surface area contributed by atoms with Crippen molar-refractivity contribution in [2.45, 2.75) is 32.4 Å². The van der Waals surface area contributed by atoms with Crippen LogP contribution in [0.15, 0.2) is 76.2 Å². The van der Waals surface area contributed by atoms with Gasteiger partial charge in [-0.05, 0) is 35.6 Å². The van der Waals surface area contributed by atoms with Crippen LogP contribution >= 0.6 is 11.8 Å². The second-order valence-corrected chi connectivity index (χ2v) is 8.27. The summed E-state index contributed by atoms with van der Waals surface area (Å²) in [5, 5.41) is 5.32. The summed E-state index contributed by atoms with van der Waals surface area (Å²) >= 11 is 1.35. The van der Waals surface area contributed by atoms with Crippen LogP contribution in [0.1, 0.15) is 36.9 Å². The minimum absolute atomic E-state index is 0.0535. The number of aromatic nitrogens is 1. The largest absolute Gasteiger partial charge is 0.466 e. The summed E-state index contributed by atoms with van der Waals surface area (Å²) in [6, 6.07) is 9.19. The van der Waals surface area contributed by atoms with E-state index in [9.17, 15) is 14.0 Å². The Labute approximate surface area is 195 Å². The van der Waals surface area contributed by atoms with E-state index in [-0.39, 0.29) is 17.9 Å². The fourth-order valence-corrected chi connectivity index (χ4v) is 4.77. The van der Waals surface area contributed by atoms with E-state index in [4.69, 9.17) is 4.74 Å². The molecule has 0 bridgehead atoms. The fraction of sp³-hybridized carbons (Fsp3) is 0.250. The minimum atomic E-state index is -0.782. The van der Waals surface area contributed by atoms with E-state index in [2.05, 4.69) is 15.3 Å². The predicted octanol–water partition coefficient (Wildman–Crippen LogP) is 4.07. The van der Waals surface area contributed by atoms with Crippen molar-refractivity contribution < 1.29 is 18.7 Å². The van der Waals surface area contributed by atoms with E-state index in [0.29, 0.717) is 35.1 Å². The van der Waals surface area contributed by atoms with Crippen LogP contribution in [0.4, 0.5) is 4.39 Å². The summed E-state index contributed by atoms with van der Waals surface area (Å²) in [5.74, 6) is -1.21. The number of halogens is 1. The number of carbonyl (C=O) groups is 2. The number of hydrogen-bond acceptors (Lipinski definition) is 7. The molecule has 0 radical (unpaired) electrons. The molecule has 2 aliphatic heterocycles. The lowest BCUT2D eigenvalue weighted by atomic mass is 9.92. The predicted molar refractivity (Wildman–Crippen MR) is 124 cm³/mol. The lowest BCUT2D eigenvalue weighted by Crippen LogP contribution is -2.38. The number of hydrogen-bond donors (Lipinski definition) is 1. The Balaban J connectivity index is 1.65. The van der Waals surface area contributed by atoms with Crippen molar-refractivity contribution in [1.82, 2.24) is 15.2 Å². The molecule has 0 spiro atoms. The number of carbonyl (C=O) groups excluding carboxylic acids is 2. The molecule has 7 nitrogen and oxygen atoms in total. The lowest BCUT2D eigenvalue weighted by Gasteiger charge is -2.36. The van der Waals surface area contributed by atoms with Crippen molar-refractivity contribution >= 4 is 28.8 Å². The highest BCUT2D eigenvalue weighted by Gasteiger charge is 2.42. The van der Waals surface area contributed by atoms with Gasteiger partial charge in [0, 0.05) is 30.2 Å². The third-order valence-electron chi connectivity index (χ3n) is 5.41. The van der Waals surface area contributed by atoms with Gasteiger partial charge < -0.3 is 15.0 Å². The maximum Gasteiger partial charge on any atom is 0.338 e. The Morgan fingerprint density at radius 2 is 1.97 bits per heavy atom. The van der Waals surface area contributed by atoms with Gasteiger partial charge in [0.15, 0.2) is 5.17 Å². The average Bonchev–Trinajstić information content (AvgIpc) is 3.24. The van der Waals surface area contributed by atoms with Crippen LogP contribution in [0.25, 0.3) is 0 Å².